The van der Waals surface area contributed by atoms with Crippen molar-refractivity contribution in [1.82, 2.24) is 24.6 Å². The summed E-state index contributed by atoms with van der Waals surface area (Å²) in [5.74, 6) is -0.154. The fraction of sp³-hybridized carbons (Fsp3) is 0.263. The standard InChI is InChI=1S/C19H20N6O2/c26-18(27)17(15-3-5-16(6-4-15)25-10-2-9-22-25)23-11-13-24(14-12-23)19-20-7-1-8-21-19/h1-10,17H,11-14H2,(H,26,27)/t17-/m1/s1. The molecule has 0 saturated carbocycles. The summed E-state index contributed by atoms with van der Waals surface area (Å²) >= 11 is 0. The lowest BCUT2D eigenvalue weighted by molar-refractivity contribution is -0.143. The lowest BCUT2D eigenvalue weighted by Crippen LogP contribution is -2.49. The van der Waals surface area contributed by atoms with Gasteiger partial charge in [-0.25, -0.2) is 14.6 Å². The molecule has 138 valence electrons. The molecule has 27 heavy (non-hydrogen) atoms. The molecule has 0 aliphatic carbocycles. The van der Waals surface area contributed by atoms with E-state index < -0.39 is 12.0 Å². The average molecular weight is 364 g/mol. The molecular formula is C19H20N6O2. The summed E-state index contributed by atoms with van der Waals surface area (Å²) in [7, 11) is 0. The number of benzene rings is 1. The Labute approximate surface area is 156 Å². The zero-order chi connectivity index (χ0) is 18.6. The van der Waals surface area contributed by atoms with Crippen molar-refractivity contribution in [2.24, 2.45) is 0 Å². The zero-order valence-electron chi connectivity index (χ0n) is 14.7. The number of carboxylic acid groups (broad SMARTS) is 1. The Balaban J connectivity index is 1.48. The smallest absolute Gasteiger partial charge is 0.325 e. The van der Waals surface area contributed by atoms with E-state index in [0.29, 0.717) is 32.1 Å². The topological polar surface area (TPSA) is 87.4 Å². The SMILES string of the molecule is O=C(O)[C@@H](c1ccc(-n2cccn2)cc1)N1CCN(c2ncccn2)CC1. The van der Waals surface area contributed by atoms with E-state index in [2.05, 4.69) is 20.0 Å². The molecule has 0 unspecified atom stereocenters. The van der Waals surface area contributed by atoms with Crippen molar-refractivity contribution < 1.29 is 9.90 Å². The molecule has 0 bridgehead atoms. The van der Waals surface area contributed by atoms with Crippen LogP contribution in [-0.4, -0.2) is 61.9 Å². The van der Waals surface area contributed by atoms with Crippen LogP contribution in [0.3, 0.4) is 0 Å². The van der Waals surface area contributed by atoms with Gasteiger partial charge < -0.3 is 10.0 Å². The van der Waals surface area contributed by atoms with Gasteiger partial charge in [-0.1, -0.05) is 12.1 Å². The number of hydrogen-bond acceptors (Lipinski definition) is 6. The molecule has 1 aliphatic rings. The van der Waals surface area contributed by atoms with Gasteiger partial charge in [-0.3, -0.25) is 9.69 Å². The minimum absolute atomic E-state index is 0.635. The van der Waals surface area contributed by atoms with E-state index >= 15 is 0 Å². The normalized spacial score (nSPS) is 16.2. The summed E-state index contributed by atoms with van der Waals surface area (Å²) in [6.07, 6.45) is 7.00. The first kappa shape index (κ1) is 17.2. The fourth-order valence-corrected chi connectivity index (χ4v) is 3.38. The summed E-state index contributed by atoms with van der Waals surface area (Å²) < 4.78 is 1.75. The summed E-state index contributed by atoms with van der Waals surface area (Å²) in [5, 5.41) is 14.0. The number of anilines is 1. The fourth-order valence-electron chi connectivity index (χ4n) is 3.38. The first-order valence-electron chi connectivity index (χ1n) is 8.81. The largest absolute Gasteiger partial charge is 0.480 e. The van der Waals surface area contributed by atoms with Crippen molar-refractivity contribution in [1.29, 1.82) is 0 Å². The van der Waals surface area contributed by atoms with Gasteiger partial charge in [0, 0.05) is 51.0 Å². The minimum atomic E-state index is -0.841. The van der Waals surface area contributed by atoms with E-state index in [9.17, 15) is 9.90 Å². The second-order valence-electron chi connectivity index (χ2n) is 6.35. The van der Waals surface area contributed by atoms with Crippen LogP contribution in [0.1, 0.15) is 11.6 Å². The molecule has 4 rings (SSSR count). The van der Waals surface area contributed by atoms with Crippen molar-refractivity contribution >= 4 is 11.9 Å². The Kier molecular flexibility index (Phi) is 4.80. The second kappa shape index (κ2) is 7.55. The van der Waals surface area contributed by atoms with Gasteiger partial charge in [-0.05, 0) is 29.8 Å². The molecule has 8 heteroatoms. The molecule has 3 aromatic rings. The molecule has 0 spiro atoms. The Morgan fingerprint density at radius 3 is 2.26 bits per heavy atom. The Bertz CT molecular complexity index is 874. The maximum Gasteiger partial charge on any atom is 0.325 e. The zero-order valence-corrected chi connectivity index (χ0v) is 14.7. The third-order valence-electron chi connectivity index (χ3n) is 4.73. The van der Waals surface area contributed by atoms with Crippen LogP contribution in [0.4, 0.5) is 5.95 Å². The van der Waals surface area contributed by atoms with Crippen molar-refractivity contribution in [3.63, 3.8) is 0 Å². The highest BCUT2D eigenvalue weighted by molar-refractivity contribution is 5.75. The van der Waals surface area contributed by atoms with Gasteiger partial charge in [0.15, 0.2) is 0 Å². The van der Waals surface area contributed by atoms with Crippen molar-refractivity contribution in [3.05, 3.63) is 66.7 Å². The van der Waals surface area contributed by atoms with Gasteiger partial charge >= 0.3 is 5.97 Å². The van der Waals surface area contributed by atoms with Crippen LogP contribution in [-0.2, 0) is 4.79 Å². The maximum absolute atomic E-state index is 12.0. The lowest BCUT2D eigenvalue weighted by Gasteiger charge is -2.37. The molecule has 0 amide bonds. The van der Waals surface area contributed by atoms with Crippen molar-refractivity contribution in [2.75, 3.05) is 31.1 Å². The molecule has 1 saturated heterocycles. The minimum Gasteiger partial charge on any atom is -0.480 e. The Morgan fingerprint density at radius 1 is 0.963 bits per heavy atom. The number of carboxylic acids is 1. The Morgan fingerprint density at radius 2 is 1.67 bits per heavy atom. The van der Waals surface area contributed by atoms with Crippen molar-refractivity contribution in [2.45, 2.75) is 6.04 Å². The van der Waals surface area contributed by atoms with E-state index in [0.717, 1.165) is 11.3 Å². The van der Waals surface area contributed by atoms with Crippen LogP contribution >= 0.6 is 0 Å². The summed E-state index contributed by atoms with van der Waals surface area (Å²) in [5.41, 5.74) is 1.67. The van der Waals surface area contributed by atoms with Gasteiger partial charge in [0.05, 0.1) is 5.69 Å². The predicted molar refractivity (Wildman–Crippen MR) is 99.8 cm³/mol. The van der Waals surface area contributed by atoms with Crippen LogP contribution in [0.15, 0.2) is 61.2 Å². The van der Waals surface area contributed by atoms with E-state index in [4.69, 9.17) is 0 Å². The quantitative estimate of drug-likeness (QED) is 0.736. The number of carbonyl (C=O) groups is 1. The summed E-state index contributed by atoms with van der Waals surface area (Å²) in [6.45, 7) is 2.66. The van der Waals surface area contributed by atoms with E-state index in [-0.39, 0.29) is 0 Å². The van der Waals surface area contributed by atoms with Crippen LogP contribution in [0.2, 0.25) is 0 Å². The number of nitrogens with zero attached hydrogens (tertiary/aromatic N) is 6. The highest BCUT2D eigenvalue weighted by Crippen LogP contribution is 2.24. The van der Waals surface area contributed by atoms with Gasteiger partial charge in [-0.15, -0.1) is 0 Å². The highest BCUT2D eigenvalue weighted by Gasteiger charge is 2.30. The molecule has 1 atom stereocenters. The molecule has 0 radical (unpaired) electrons. The molecule has 1 N–H and O–H groups in total. The van der Waals surface area contributed by atoms with E-state index in [1.807, 2.05) is 41.4 Å². The highest BCUT2D eigenvalue weighted by atomic mass is 16.4. The number of rotatable bonds is 5. The Hall–Kier alpha value is -3.26. The number of hydrogen-bond donors (Lipinski definition) is 1. The van der Waals surface area contributed by atoms with Crippen LogP contribution < -0.4 is 4.90 Å². The maximum atomic E-state index is 12.0. The van der Waals surface area contributed by atoms with Crippen LogP contribution in [0.25, 0.3) is 5.69 Å². The van der Waals surface area contributed by atoms with Gasteiger partial charge in [0.1, 0.15) is 6.04 Å². The number of aliphatic carboxylic acids is 1. The molecule has 1 fully saturated rings. The first-order chi connectivity index (χ1) is 13.2. The summed E-state index contributed by atoms with van der Waals surface area (Å²) in [6, 6.07) is 10.5. The molecular weight excluding hydrogens is 344 g/mol. The average Bonchev–Trinajstić information content (AvgIpc) is 3.25. The summed E-state index contributed by atoms with van der Waals surface area (Å²) in [4.78, 5) is 24.6. The molecule has 1 aromatic carbocycles. The van der Waals surface area contributed by atoms with Gasteiger partial charge in [0.25, 0.3) is 0 Å². The number of aromatic nitrogens is 4. The third-order valence-corrected chi connectivity index (χ3v) is 4.73. The van der Waals surface area contributed by atoms with Crippen LogP contribution in [0.5, 0.6) is 0 Å². The first-order valence-corrected chi connectivity index (χ1v) is 8.81. The van der Waals surface area contributed by atoms with Gasteiger partial charge in [-0.2, -0.15) is 5.10 Å². The lowest BCUT2D eigenvalue weighted by atomic mass is 10.0. The second-order valence-corrected chi connectivity index (χ2v) is 6.35. The third kappa shape index (κ3) is 3.65. The van der Waals surface area contributed by atoms with Crippen LogP contribution in [0, 0.1) is 0 Å². The molecule has 8 nitrogen and oxygen atoms in total. The van der Waals surface area contributed by atoms with Gasteiger partial charge in [0.2, 0.25) is 5.95 Å². The van der Waals surface area contributed by atoms with Crippen molar-refractivity contribution in [3.8, 4) is 5.69 Å². The van der Waals surface area contributed by atoms with E-state index in [1.165, 1.54) is 0 Å². The van der Waals surface area contributed by atoms with E-state index in [1.54, 1.807) is 29.3 Å². The molecule has 3 heterocycles. The predicted octanol–water partition coefficient (Wildman–Crippen LogP) is 1.61. The monoisotopic (exact) mass is 364 g/mol. The molecule has 1 aliphatic heterocycles. The molecule has 2 aromatic heterocycles. The number of piperazine rings is 1.